The Morgan fingerprint density at radius 3 is 2.50 bits per heavy atom. The number of carbonyl (C=O) groups excluding carboxylic acids is 1. The van der Waals surface area contributed by atoms with E-state index < -0.39 is 6.09 Å². The number of primary amides is 1. The second-order valence-electron chi connectivity index (χ2n) is 4.71. The van der Waals surface area contributed by atoms with Crippen molar-refractivity contribution in [2.75, 3.05) is 0 Å². The van der Waals surface area contributed by atoms with Crippen LogP contribution in [0.15, 0.2) is 10.5 Å². The lowest BCUT2D eigenvalue weighted by Crippen LogP contribution is -2.18. The molecular formula is C12H12BrClN2O2. The summed E-state index contributed by atoms with van der Waals surface area (Å²) in [6.45, 7) is 5.87. The highest BCUT2D eigenvalue weighted by Crippen LogP contribution is 2.42. The van der Waals surface area contributed by atoms with Gasteiger partial charge in [0.1, 0.15) is 0 Å². The molecule has 1 rings (SSSR count). The van der Waals surface area contributed by atoms with Gasteiger partial charge in [-0.05, 0) is 26.9 Å². The predicted molar refractivity (Wildman–Crippen MR) is 72.8 cm³/mol. The number of benzene rings is 1. The third kappa shape index (κ3) is 2.95. The maximum Gasteiger partial charge on any atom is 0.410 e. The lowest BCUT2D eigenvalue weighted by molar-refractivity contribution is 0.211. The van der Waals surface area contributed by atoms with E-state index in [2.05, 4.69) is 22.0 Å². The van der Waals surface area contributed by atoms with Crippen LogP contribution < -0.4 is 10.5 Å². The molecule has 0 aliphatic heterocycles. The number of halogens is 2. The van der Waals surface area contributed by atoms with Crippen LogP contribution >= 0.6 is 27.5 Å². The smallest absolute Gasteiger partial charge is 0.409 e. The Morgan fingerprint density at radius 1 is 1.56 bits per heavy atom. The second kappa shape index (κ2) is 5.17. The van der Waals surface area contributed by atoms with Crippen LogP contribution in [0.25, 0.3) is 0 Å². The fourth-order valence-electron chi connectivity index (χ4n) is 1.61. The Labute approximate surface area is 119 Å². The summed E-state index contributed by atoms with van der Waals surface area (Å²) in [5, 5.41) is 9.39. The van der Waals surface area contributed by atoms with Crippen LogP contribution in [0.1, 0.15) is 31.9 Å². The lowest BCUT2D eigenvalue weighted by Gasteiger charge is -2.23. The van der Waals surface area contributed by atoms with Gasteiger partial charge in [0.05, 0.1) is 16.7 Å². The van der Waals surface area contributed by atoms with Crippen molar-refractivity contribution in [1.29, 1.82) is 5.26 Å². The average molecular weight is 332 g/mol. The highest BCUT2D eigenvalue weighted by Gasteiger charge is 2.25. The van der Waals surface area contributed by atoms with Crippen molar-refractivity contribution in [2.24, 2.45) is 5.73 Å². The SMILES string of the molecule is CC(C)(C)c1c(C#N)cc(OC(N)=O)c(Cl)c1Br. The van der Waals surface area contributed by atoms with Crippen molar-refractivity contribution < 1.29 is 9.53 Å². The van der Waals surface area contributed by atoms with Crippen molar-refractivity contribution in [3.63, 3.8) is 0 Å². The minimum atomic E-state index is -0.976. The van der Waals surface area contributed by atoms with Crippen molar-refractivity contribution in [1.82, 2.24) is 0 Å². The fourth-order valence-corrected chi connectivity index (χ4v) is 2.80. The molecule has 0 aliphatic carbocycles. The number of nitrogens with zero attached hydrogens (tertiary/aromatic N) is 1. The van der Waals surface area contributed by atoms with Gasteiger partial charge in [-0.2, -0.15) is 5.26 Å². The van der Waals surface area contributed by atoms with Crippen LogP contribution in [0.5, 0.6) is 5.75 Å². The van der Waals surface area contributed by atoms with E-state index in [-0.39, 0.29) is 16.2 Å². The summed E-state index contributed by atoms with van der Waals surface area (Å²) >= 11 is 9.42. The molecule has 6 heteroatoms. The molecule has 0 spiro atoms. The minimum Gasteiger partial charge on any atom is -0.409 e. The topological polar surface area (TPSA) is 76.1 Å². The number of hydrogen-bond donors (Lipinski definition) is 1. The summed E-state index contributed by atoms with van der Waals surface area (Å²) in [5.74, 6) is 0.0700. The van der Waals surface area contributed by atoms with Crippen molar-refractivity contribution >= 4 is 33.6 Å². The Kier molecular flexibility index (Phi) is 4.25. The first-order valence-corrected chi connectivity index (χ1v) is 6.25. The summed E-state index contributed by atoms with van der Waals surface area (Å²) in [5.41, 5.74) is 5.80. The summed E-state index contributed by atoms with van der Waals surface area (Å²) < 4.78 is 5.30. The zero-order chi connectivity index (χ0) is 14.1. The first kappa shape index (κ1) is 14.8. The van der Waals surface area contributed by atoms with Crippen LogP contribution in [-0.2, 0) is 5.41 Å². The molecule has 1 aromatic carbocycles. The third-order valence-corrected chi connectivity index (χ3v) is 3.65. The van der Waals surface area contributed by atoms with Gasteiger partial charge in [0.25, 0.3) is 0 Å². The van der Waals surface area contributed by atoms with Crippen molar-refractivity contribution in [3.8, 4) is 11.8 Å². The van der Waals surface area contributed by atoms with Crippen LogP contribution in [0.4, 0.5) is 4.79 Å². The van der Waals surface area contributed by atoms with E-state index in [1.807, 2.05) is 20.8 Å². The van der Waals surface area contributed by atoms with Gasteiger partial charge in [-0.3, -0.25) is 0 Å². The average Bonchev–Trinajstić information content (AvgIpc) is 2.21. The van der Waals surface area contributed by atoms with Crippen LogP contribution in [-0.4, -0.2) is 6.09 Å². The monoisotopic (exact) mass is 330 g/mol. The van der Waals surface area contributed by atoms with Gasteiger partial charge < -0.3 is 10.5 Å². The quantitative estimate of drug-likeness (QED) is 0.852. The van der Waals surface area contributed by atoms with Crippen LogP contribution in [0.3, 0.4) is 0 Å². The standard InChI is InChI=1S/C12H12BrClN2O2/c1-12(2,3)8-6(5-15)4-7(18-11(16)17)10(14)9(8)13/h4H,1-3H3,(H2,16,17). The number of carbonyl (C=O) groups is 1. The Balaban J connectivity index is 3.56. The molecule has 96 valence electrons. The van der Waals surface area contributed by atoms with Gasteiger partial charge in [0.15, 0.2) is 5.75 Å². The predicted octanol–water partition coefficient (Wildman–Crippen LogP) is 3.73. The second-order valence-corrected chi connectivity index (χ2v) is 5.88. The molecule has 0 aromatic heterocycles. The van der Waals surface area contributed by atoms with Gasteiger partial charge in [-0.1, -0.05) is 32.4 Å². The number of amides is 1. The van der Waals surface area contributed by atoms with Crippen LogP contribution in [0, 0.1) is 11.3 Å². The molecule has 0 atom stereocenters. The number of ether oxygens (including phenoxy) is 1. The maximum atomic E-state index is 10.8. The molecular weight excluding hydrogens is 320 g/mol. The molecule has 0 radical (unpaired) electrons. The Hall–Kier alpha value is -1.25. The van der Waals surface area contributed by atoms with Gasteiger partial charge in [-0.15, -0.1) is 0 Å². The zero-order valence-electron chi connectivity index (χ0n) is 10.2. The summed E-state index contributed by atoms with van der Waals surface area (Å²) in [6, 6.07) is 3.48. The maximum absolute atomic E-state index is 10.8. The van der Waals surface area contributed by atoms with E-state index in [1.54, 1.807) is 0 Å². The summed E-state index contributed by atoms with van der Waals surface area (Å²) in [4.78, 5) is 10.8. The molecule has 0 aliphatic rings. The van der Waals surface area contributed by atoms with E-state index in [9.17, 15) is 10.1 Å². The van der Waals surface area contributed by atoms with Crippen molar-refractivity contribution in [2.45, 2.75) is 26.2 Å². The highest BCUT2D eigenvalue weighted by atomic mass is 79.9. The molecule has 2 N–H and O–H groups in total. The fraction of sp³-hybridized carbons (Fsp3) is 0.333. The first-order chi connectivity index (χ1) is 8.18. The molecule has 0 saturated heterocycles. The van der Waals surface area contributed by atoms with Gasteiger partial charge in [0.2, 0.25) is 0 Å². The van der Waals surface area contributed by atoms with E-state index in [0.29, 0.717) is 10.0 Å². The summed E-state index contributed by atoms with van der Waals surface area (Å²) in [7, 11) is 0. The number of nitriles is 1. The normalized spacial score (nSPS) is 10.9. The molecule has 0 bridgehead atoms. The highest BCUT2D eigenvalue weighted by molar-refractivity contribution is 9.10. The molecule has 0 heterocycles. The molecule has 1 amide bonds. The number of rotatable bonds is 1. The molecule has 0 saturated carbocycles. The summed E-state index contributed by atoms with van der Waals surface area (Å²) in [6.07, 6.45) is -0.976. The number of hydrogen-bond acceptors (Lipinski definition) is 3. The van der Waals surface area contributed by atoms with E-state index in [4.69, 9.17) is 22.1 Å². The van der Waals surface area contributed by atoms with E-state index in [1.165, 1.54) is 6.07 Å². The molecule has 4 nitrogen and oxygen atoms in total. The van der Waals surface area contributed by atoms with E-state index in [0.717, 1.165) is 5.56 Å². The molecule has 0 fully saturated rings. The lowest BCUT2D eigenvalue weighted by atomic mass is 9.84. The van der Waals surface area contributed by atoms with Gasteiger partial charge in [0, 0.05) is 10.5 Å². The molecule has 1 aromatic rings. The van der Waals surface area contributed by atoms with Crippen LogP contribution in [0.2, 0.25) is 5.02 Å². The Morgan fingerprint density at radius 2 is 2.11 bits per heavy atom. The Bertz CT molecular complexity index is 544. The first-order valence-electron chi connectivity index (χ1n) is 5.08. The zero-order valence-corrected chi connectivity index (χ0v) is 12.5. The molecule has 0 unspecified atom stereocenters. The largest absolute Gasteiger partial charge is 0.410 e. The minimum absolute atomic E-state index is 0.0700. The molecule has 18 heavy (non-hydrogen) atoms. The van der Waals surface area contributed by atoms with E-state index >= 15 is 0 Å². The third-order valence-electron chi connectivity index (χ3n) is 2.25. The van der Waals surface area contributed by atoms with Gasteiger partial charge >= 0.3 is 6.09 Å². The van der Waals surface area contributed by atoms with Crippen molar-refractivity contribution in [3.05, 3.63) is 26.7 Å². The van der Waals surface area contributed by atoms with Gasteiger partial charge in [-0.25, -0.2) is 4.79 Å². The number of nitrogens with two attached hydrogens (primary N) is 1.